The number of hydrogen-bond acceptors (Lipinski definition) is 3. The first-order valence-electron chi connectivity index (χ1n) is 7.93. The number of nitrogens with one attached hydrogen (secondary N) is 2. The van der Waals surface area contributed by atoms with Crippen LogP contribution in [-0.2, 0) is 16.4 Å². The molecule has 5 heteroatoms. The van der Waals surface area contributed by atoms with Gasteiger partial charge in [0.25, 0.3) is 0 Å². The van der Waals surface area contributed by atoms with E-state index in [1.54, 1.807) is 12.1 Å². The zero-order chi connectivity index (χ0) is 14.9. The number of fused-ring (bicyclic) bond motifs is 1. The van der Waals surface area contributed by atoms with Gasteiger partial charge in [-0.15, -0.1) is 0 Å². The zero-order valence-corrected chi connectivity index (χ0v) is 13.4. The van der Waals surface area contributed by atoms with Gasteiger partial charge in [0.15, 0.2) is 0 Å². The van der Waals surface area contributed by atoms with Crippen LogP contribution in [0.3, 0.4) is 0 Å². The molecule has 1 aromatic rings. The van der Waals surface area contributed by atoms with Crippen LogP contribution in [0.4, 0.5) is 5.69 Å². The molecule has 1 aromatic carbocycles. The maximum absolute atomic E-state index is 12.4. The molecule has 0 radical (unpaired) electrons. The third kappa shape index (κ3) is 3.24. The van der Waals surface area contributed by atoms with Crippen LogP contribution in [0.2, 0.25) is 0 Å². The highest BCUT2D eigenvalue weighted by Gasteiger charge is 2.24. The fourth-order valence-corrected chi connectivity index (χ4v) is 4.55. The van der Waals surface area contributed by atoms with Crippen LogP contribution in [0.5, 0.6) is 0 Å². The standard InChI is InChI=1S/C16H24N2O2S/c1-12-4-2-3-5-14(12)11-18-21(19,20)15-7-6-13-8-9-17-16(13)10-15/h6-7,10,12,14,17-18H,2-5,8-9,11H2,1H3. The predicted molar refractivity (Wildman–Crippen MR) is 84.9 cm³/mol. The summed E-state index contributed by atoms with van der Waals surface area (Å²) in [5.41, 5.74) is 2.17. The summed E-state index contributed by atoms with van der Waals surface area (Å²) in [6.07, 6.45) is 5.83. The lowest BCUT2D eigenvalue weighted by atomic mass is 9.81. The first kappa shape index (κ1) is 14.9. The Hall–Kier alpha value is -1.07. The van der Waals surface area contributed by atoms with Crippen LogP contribution >= 0.6 is 0 Å². The van der Waals surface area contributed by atoms with Crippen molar-refractivity contribution in [1.82, 2.24) is 4.72 Å². The number of benzene rings is 1. The second kappa shape index (κ2) is 5.97. The Morgan fingerprint density at radius 3 is 2.90 bits per heavy atom. The molecule has 1 aliphatic heterocycles. The second-order valence-corrected chi connectivity index (χ2v) is 8.14. The maximum atomic E-state index is 12.4. The number of anilines is 1. The third-order valence-corrected chi connectivity index (χ3v) is 6.35. The van der Waals surface area contributed by atoms with Crippen molar-refractivity contribution in [1.29, 1.82) is 0 Å². The first-order valence-corrected chi connectivity index (χ1v) is 9.41. The summed E-state index contributed by atoms with van der Waals surface area (Å²) in [5, 5.41) is 3.23. The van der Waals surface area contributed by atoms with Crippen molar-refractivity contribution >= 4 is 15.7 Å². The number of rotatable bonds is 4. The first-order chi connectivity index (χ1) is 10.1. The Kier molecular flexibility index (Phi) is 4.22. The van der Waals surface area contributed by atoms with E-state index in [0.717, 1.165) is 25.1 Å². The quantitative estimate of drug-likeness (QED) is 0.899. The van der Waals surface area contributed by atoms with Gasteiger partial charge in [0.2, 0.25) is 10.0 Å². The van der Waals surface area contributed by atoms with Gasteiger partial charge in [0.05, 0.1) is 4.90 Å². The molecule has 0 bridgehead atoms. The van der Waals surface area contributed by atoms with E-state index in [9.17, 15) is 8.42 Å². The lowest BCUT2D eigenvalue weighted by molar-refractivity contribution is 0.257. The largest absolute Gasteiger partial charge is 0.384 e. The van der Waals surface area contributed by atoms with Crippen molar-refractivity contribution in [2.24, 2.45) is 11.8 Å². The van der Waals surface area contributed by atoms with Gasteiger partial charge in [-0.3, -0.25) is 0 Å². The molecule has 1 saturated carbocycles. The summed E-state index contributed by atoms with van der Waals surface area (Å²) in [4.78, 5) is 0.374. The Morgan fingerprint density at radius 2 is 2.10 bits per heavy atom. The molecule has 1 fully saturated rings. The fourth-order valence-electron chi connectivity index (χ4n) is 3.43. The minimum Gasteiger partial charge on any atom is -0.384 e. The fraction of sp³-hybridized carbons (Fsp3) is 0.625. The van der Waals surface area contributed by atoms with Gasteiger partial charge in [-0.25, -0.2) is 13.1 Å². The molecule has 0 spiro atoms. The van der Waals surface area contributed by atoms with E-state index in [1.165, 1.54) is 24.8 Å². The molecule has 2 N–H and O–H groups in total. The molecule has 3 rings (SSSR count). The molecule has 2 aliphatic rings. The van der Waals surface area contributed by atoms with Gasteiger partial charge >= 0.3 is 0 Å². The average molecular weight is 308 g/mol. The van der Waals surface area contributed by atoms with E-state index < -0.39 is 10.0 Å². The van der Waals surface area contributed by atoms with Crippen molar-refractivity contribution in [2.75, 3.05) is 18.4 Å². The summed E-state index contributed by atoms with van der Waals surface area (Å²) < 4.78 is 27.7. The molecular weight excluding hydrogens is 284 g/mol. The average Bonchev–Trinajstić information content (AvgIpc) is 2.94. The molecule has 0 amide bonds. The summed E-state index contributed by atoms with van der Waals surface area (Å²) in [7, 11) is -3.39. The number of sulfonamides is 1. The predicted octanol–water partition coefficient (Wildman–Crippen LogP) is 2.76. The topological polar surface area (TPSA) is 58.2 Å². The summed E-state index contributed by atoms with van der Waals surface area (Å²) >= 11 is 0. The Bertz CT molecular complexity index is 613. The van der Waals surface area contributed by atoms with E-state index in [-0.39, 0.29) is 0 Å². The van der Waals surface area contributed by atoms with Crippen molar-refractivity contribution in [3.8, 4) is 0 Å². The zero-order valence-electron chi connectivity index (χ0n) is 12.6. The van der Waals surface area contributed by atoms with Crippen LogP contribution in [0.25, 0.3) is 0 Å². The highest BCUT2D eigenvalue weighted by atomic mass is 32.2. The van der Waals surface area contributed by atoms with Gasteiger partial charge in [0, 0.05) is 18.8 Å². The molecule has 21 heavy (non-hydrogen) atoms. The minimum atomic E-state index is -3.39. The van der Waals surface area contributed by atoms with Crippen LogP contribution in [0, 0.1) is 11.8 Å². The summed E-state index contributed by atoms with van der Waals surface area (Å²) in [6, 6.07) is 5.40. The van der Waals surface area contributed by atoms with Gasteiger partial charge in [-0.1, -0.05) is 32.3 Å². The van der Waals surface area contributed by atoms with Crippen molar-refractivity contribution in [3.63, 3.8) is 0 Å². The van der Waals surface area contributed by atoms with Crippen LogP contribution in [0.15, 0.2) is 23.1 Å². The van der Waals surface area contributed by atoms with E-state index >= 15 is 0 Å². The SMILES string of the molecule is CC1CCCCC1CNS(=O)(=O)c1ccc2c(c1)NCC2. The highest BCUT2D eigenvalue weighted by molar-refractivity contribution is 7.89. The van der Waals surface area contributed by atoms with Crippen LogP contribution in [0.1, 0.15) is 38.2 Å². The molecular formula is C16H24N2O2S. The molecule has 1 aliphatic carbocycles. The lowest BCUT2D eigenvalue weighted by Crippen LogP contribution is -2.33. The molecule has 1 heterocycles. The van der Waals surface area contributed by atoms with Crippen molar-refractivity contribution in [3.05, 3.63) is 23.8 Å². The summed E-state index contributed by atoms with van der Waals surface area (Å²) in [5.74, 6) is 1.09. The smallest absolute Gasteiger partial charge is 0.240 e. The van der Waals surface area contributed by atoms with Crippen LogP contribution in [-0.4, -0.2) is 21.5 Å². The van der Waals surface area contributed by atoms with Crippen molar-refractivity contribution in [2.45, 2.75) is 43.9 Å². The monoisotopic (exact) mass is 308 g/mol. The molecule has 0 aromatic heterocycles. The van der Waals surface area contributed by atoms with E-state index in [4.69, 9.17) is 0 Å². The molecule has 2 unspecified atom stereocenters. The normalized spacial score (nSPS) is 25.4. The van der Waals surface area contributed by atoms with Crippen LogP contribution < -0.4 is 10.0 Å². The maximum Gasteiger partial charge on any atom is 0.240 e. The Balaban J connectivity index is 1.69. The molecule has 2 atom stereocenters. The van der Waals surface area contributed by atoms with E-state index in [0.29, 0.717) is 23.3 Å². The van der Waals surface area contributed by atoms with Gasteiger partial charge in [0.1, 0.15) is 0 Å². The molecule has 0 saturated heterocycles. The van der Waals surface area contributed by atoms with Gasteiger partial charge < -0.3 is 5.32 Å². The highest BCUT2D eigenvalue weighted by Crippen LogP contribution is 2.30. The number of hydrogen-bond donors (Lipinski definition) is 2. The Morgan fingerprint density at radius 1 is 1.29 bits per heavy atom. The minimum absolute atomic E-state index is 0.374. The van der Waals surface area contributed by atoms with Crippen molar-refractivity contribution < 1.29 is 8.42 Å². The Labute approximate surface area is 127 Å². The van der Waals surface area contributed by atoms with E-state index in [2.05, 4.69) is 17.0 Å². The summed E-state index contributed by atoms with van der Waals surface area (Å²) in [6.45, 7) is 3.69. The lowest BCUT2D eigenvalue weighted by Gasteiger charge is -2.28. The van der Waals surface area contributed by atoms with Gasteiger partial charge in [-0.2, -0.15) is 0 Å². The third-order valence-electron chi connectivity index (χ3n) is 4.93. The molecule has 116 valence electrons. The second-order valence-electron chi connectivity index (χ2n) is 6.37. The molecule has 4 nitrogen and oxygen atoms in total. The van der Waals surface area contributed by atoms with Gasteiger partial charge in [-0.05, 0) is 42.4 Å². The van der Waals surface area contributed by atoms with E-state index in [1.807, 2.05) is 6.07 Å².